The van der Waals surface area contributed by atoms with Crippen molar-refractivity contribution >= 4 is 10.0 Å². The van der Waals surface area contributed by atoms with Crippen LogP contribution in [0.15, 0.2) is 33.7 Å². The molecule has 0 radical (unpaired) electrons. The highest BCUT2D eigenvalue weighted by atomic mass is 32.2. The van der Waals surface area contributed by atoms with Crippen LogP contribution in [0.2, 0.25) is 0 Å². The minimum Gasteiger partial charge on any atom is -0.338 e. The summed E-state index contributed by atoms with van der Waals surface area (Å²) in [4.78, 5) is 4.05. The van der Waals surface area contributed by atoms with Gasteiger partial charge in [0.15, 0.2) is 5.82 Å². The largest absolute Gasteiger partial charge is 0.338 e. The van der Waals surface area contributed by atoms with Crippen LogP contribution in [0.5, 0.6) is 0 Å². The van der Waals surface area contributed by atoms with Gasteiger partial charge in [-0.1, -0.05) is 17.3 Å². The molecule has 0 bridgehead atoms. The fraction of sp³-hybridized carbons (Fsp3) is 0.467. The van der Waals surface area contributed by atoms with Gasteiger partial charge < -0.3 is 4.52 Å². The van der Waals surface area contributed by atoms with Gasteiger partial charge in [-0.2, -0.15) is 9.29 Å². The quantitative estimate of drug-likeness (QED) is 0.857. The van der Waals surface area contributed by atoms with Crippen LogP contribution in [0.1, 0.15) is 49.4 Å². The summed E-state index contributed by atoms with van der Waals surface area (Å²) in [7, 11) is -3.93. The SMILES string of the molecule is O=S(=O)(c1ccccc1F)N1CCCC1c1nc(C2CC2)no1. The van der Waals surface area contributed by atoms with E-state index in [4.69, 9.17) is 4.52 Å². The molecule has 1 aromatic carbocycles. The van der Waals surface area contributed by atoms with Crippen molar-refractivity contribution in [3.05, 3.63) is 41.8 Å². The molecule has 1 saturated carbocycles. The van der Waals surface area contributed by atoms with Gasteiger partial charge in [0, 0.05) is 12.5 Å². The number of rotatable bonds is 4. The summed E-state index contributed by atoms with van der Waals surface area (Å²) in [6, 6.07) is 4.90. The van der Waals surface area contributed by atoms with E-state index in [1.807, 2.05) is 0 Å². The molecular formula is C15H16FN3O3S. The van der Waals surface area contributed by atoms with Gasteiger partial charge in [-0.3, -0.25) is 0 Å². The van der Waals surface area contributed by atoms with Crippen LogP contribution in [-0.4, -0.2) is 29.4 Å². The van der Waals surface area contributed by atoms with Gasteiger partial charge in [-0.15, -0.1) is 0 Å². The third-order valence-electron chi connectivity index (χ3n) is 4.31. The number of sulfonamides is 1. The molecule has 2 fully saturated rings. The van der Waals surface area contributed by atoms with E-state index in [1.165, 1.54) is 22.5 Å². The van der Waals surface area contributed by atoms with Crippen LogP contribution in [0.4, 0.5) is 4.39 Å². The van der Waals surface area contributed by atoms with Gasteiger partial charge in [0.05, 0.1) is 0 Å². The molecule has 1 aliphatic heterocycles. The number of halogens is 1. The van der Waals surface area contributed by atoms with Gasteiger partial charge >= 0.3 is 0 Å². The molecule has 8 heteroatoms. The lowest BCUT2D eigenvalue weighted by molar-refractivity contribution is 0.288. The number of nitrogens with zero attached hydrogens (tertiary/aromatic N) is 3. The predicted molar refractivity (Wildman–Crippen MR) is 78.5 cm³/mol. The van der Waals surface area contributed by atoms with Gasteiger partial charge in [0.1, 0.15) is 16.8 Å². The van der Waals surface area contributed by atoms with Crippen LogP contribution < -0.4 is 0 Å². The summed E-state index contributed by atoms with van der Waals surface area (Å²) in [6.45, 7) is 0.322. The highest BCUT2D eigenvalue weighted by Gasteiger charge is 2.41. The molecule has 2 heterocycles. The Kier molecular flexibility index (Phi) is 3.46. The highest BCUT2D eigenvalue weighted by Crippen LogP contribution is 2.41. The van der Waals surface area contributed by atoms with Crippen LogP contribution in [0, 0.1) is 5.82 Å². The highest BCUT2D eigenvalue weighted by molar-refractivity contribution is 7.89. The number of hydrogen-bond acceptors (Lipinski definition) is 5. The summed E-state index contributed by atoms with van der Waals surface area (Å²) in [6.07, 6.45) is 3.36. The molecule has 1 unspecified atom stereocenters. The molecule has 0 amide bonds. The molecule has 0 spiro atoms. The van der Waals surface area contributed by atoms with Crippen molar-refractivity contribution in [3.8, 4) is 0 Å². The minimum atomic E-state index is -3.93. The second kappa shape index (κ2) is 5.38. The van der Waals surface area contributed by atoms with Crippen LogP contribution in [-0.2, 0) is 10.0 Å². The Bertz CT molecular complexity index is 832. The van der Waals surface area contributed by atoms with E-state index in [0.717, 1.165) is 18.9 Å². The molecule has 1 aromatic heterocycles. The smallest absolute Gasteiger partial charge is 0.246 e. The Hall–Kier alpha value is -1.80. The van der Waals surface area contributed by atoms with E-state index in [0.29, 0.717) is 37.0 Å². The van der Waals surface area contributed by atoms with Crippen molar-refractivity contribution < 1.29 is 17.3 Å². The Morgan fingerprint density at radius 2 is 2.00 bits per heavy atom. The molecule has 1 atom stereocenters. The van der Waals surface area contributed by atoms with E-state index in [9.17, 15) is 12.8 Å². The molecule has 23 heavy (non-hydrogen) atoms. The third kappa shape index (κ3) is 2.55. The molecule has 0 N–H and O–H groups in total. The average molecular weight is 337 g/mol. The zero-order chi connectivity index (χ0) is 16.0. The van der Waals surface area contributed by atoms with Crippen LogP contribution in [0.3, 0.4) is 0 Å². The van der Waals surface area contributed by atoms with Crippen molar-refractivity contribution in [1.82, 2.24) is 14.4 Å². The van der Waals surface area contributed by atoms with Crippen molar-refractivity contribution in [2.24, 2.45) is 0 Å². The van der Waals surface area contributed by atoms with Gasteiger partial charge in [-0.25, -0.2) is 12.8 Å². The zero-order valence-electron chi connectivity index (χ0n) is 12.4. The number of aromatic nitrogens is 2. The topological polar surface area (TPSA) is 76.3 Å². The second-order valence-electron chi connectivity index (χ2n) is 5.97. The Labute approximate surface area is 133 Å². The standard InChI is InChI=1S/C15H16FN3O3S/c16-11-4-1-2-6-13(11)23(20,21)19-9-3-5-12(19)15-17-14(18-22-15)10-7-8-10/h1-2,4,6,10,12H,3,5,7-9H2. The number of hydrogen-bond donors (Lipinski definition) is 0. The first-order valence-electron chi connectivity index (χ1n) is 7.67. The molecule has 4 rings (SSSR count). The first-order valence-corrected chi connectivity index (χ1v) is 9.11. The number of benzene rings is 1. The van der Waals surface area contributed by atoms with Crippen molar-refractivity contribution in [2.45, 2.75) is 42.5 Å². The molecule has 2 aliphatic rings. The van der Waals surface area contributed by atoms with Crippen LogP contribution in [0.25, 0.3) is 0 Å². The maximum atomic E-state index is 13.9. The van der Waals surface area contributed by atoms with Crippen molar-refractivity contribution in [2.75, 3.05) is 6.54 Å². The Morgan fingerprint density at radius 3 is 2.74 bits per heavy atom. The zero-order valence-corrected chi connectivity index (χ0v) is 13.2. The monoisotopic (exact) mass is 337 g/mol. The maximum Gasteiger partial charge on any atom is 0.246 e. The molecule has 1 saturated heterocycles. The predicted octanol–water partition coefficient (Wildman–Crippen LogP) is 2.61. The van der Waals surface area contributed by atoms with E-state index in [2.05, 4.69) is 10.1 Å². The Morgan fingerprint density at radius 1 is 1.22 bits per heavy atom. The van der Waals surface area contributed by atoms with Gasteiger partial charge in [0.2, 0.25) is 15.9 Å². The summed E-state index contributed by atoms with van der Waals surface area (Å²) in [5.74, 6) is 0.548. The summed E-state index contributed by atoms with van der Waals surface area (Å²) >= 11 is 0. The molecule has 6 nitrogen and oxygen atoms in total. The lowest BCUT2D eigenvalue weighted by Gasteiger charge is -2.21. The minimum absolute atomic E-state index is 0.310. The van der Waals surface area contributed by atoms with E-state index in [-0.39, 0.29) is 4.90 Å². The maximum absolute atomic E-state index is 13.9. The van der Waals surface area contributed by atoms with Crippen molar-refractivity contribution in [1.29, 1.82) is 0 Å². The summed E-state index contributed by atoms with van der Waals surface area (Å²) in [5, 5.41) is 3.95. The average Bonchev–Trinajstić information content (AvgIpc) is 3.07. The lowest BCUT2D eigenvalue weighted by Crippen LogP contribution is -2.31. The van der Waals surface area contributed by atoms with Crippen LogP contribution >= 0.6 is 0 Å². The van der Waals surface area contributed by atoms with Gasteiger partial charge in [-0.05, 0) is 37.8 Å². The second-order valence-corrected chi connectivity index (χ2v) is 7.83. The normalized spacial score (nSPS) is 22.6. The molecule has 122 valence electrons. The fourth-order valence-electron chi connectivity index (χ4n) is 2.94. The first-order chi connectivity index (χ1) is 11.1. The lowest BCUT2D eigenvalue weighted by atomic mass is 10.2. The van der Waals surface area contributed by atoms with Crippen molar-refractivity contribution in [3.63, 3.8) is 0 Å². The van der Waals surface area contributed by atoms with E-state index in [1.54, 1.807) is 0 Å². The first kappa shape index (κ1) is 14.8. The third-order valence-corrected chi connectivity index (χ3v) is 6.25. The summed E-state index contributed by atoms with van der Waals surface area (Å²) < 4.78 is 46.1. The van der Waals surface area contributed by atoms with E-state index < -0.39 is 21.9 Å². The van der Waals surface area contributed by atoms with E-state index >= 15 is 0 Å². The van der Waals surface area contributed by atoms with Gasteiger partial charge in [0.25, 0.3) is 0 Å². The fourth-order valence-corrected chi connectivity index (χ4v) is 4.66. The molecule has 2 aromatic rings. The molecular weight excluding hydrogens is 321 g/mol. The Balaban J connectivity index is 1.67. The molecule has 1 aliphatic carbocycles. The summed E-state index contributed by atoms with van der Waals surface area (Å²) in [5.41, 5.74) is 0.